The maximum atomic E-state index is 4.38. The summed E-state index contributed by atoms with van der Waals surface area (Å²) < 4.78 is 0. The predicted octanol–water partition coefficient (Wildman–Crippen LogP) is 2.93. The summed E-state index contributed by atoms with van der Waals surface area (Å²) in [5, 5.41) is 0. The van der Waals surface area contributed by atoms with Gasteiger partial charge in [0.25, 0.3) is 0 Å². The van der Waals surface area contributed by atoms with Gasteiger partial charge in [-0.3, -0.25) is 4.99 Å². The number of aliphatic imine (C=N–C) groups is 1. The van der Waals surface area contributed by atoms with Gasteiger partial charge in [0.05, 0.1) is 6.34 Å². The van der Waals surface area contributed by atoms with Crippen molar-refractivity contribution in [1.29, 1.82) is 0 Å². The standard InChI is InChI=1S/C11H24N2/c1-6-8-12-9-13(10(3)4)11(5)7-2/h9-11H,6-8H2,1-5H3. The van der Waals surface area contributed by atoms with Crippen LogP contribution in [-0.4, -0.2) is 29.9 Å². The summed E-state index contributed by atoms with van der Waals surface area (Å²) in [6, 6.07) is 1.15. The highest BCUT2D eigenvalue weighted by Crippen LogP contribution is 2.05. The fraction of sp³-hybridized carbons (Fsp3) is 0.909. The molecule has 2 heteroatoms. The Hall–Kier alpha value is -0.530. The van der Waals surface area contributed by atoms with Crippen LogP contribution in [0.2, 0.25) is 0 Å². The van der Waals surface area contributed by atoms with E-state index in [-0.39, 0.29) is 0 Å². The summed E-state index contributed by atoms with van der Waals surface area (Å²) >= 11 is 0. The minimum Gasteiger partial charge on any atom is -0.358 e. The molecule has 13 heavy (non-hydrogen) atoms. The van der Waals surface area contributed by atoms with Crippen molar-refractivity contribution in [2.45, 2.75) is 59.5 Å². The van der Waals surface area contributed by atoms with Crippen LogP contribution in [0.4, 0.5) is 0 Å². The normalized spacial score (nSPS) is 14.0. The summed E-state index contributed by atoms with van der Waals surface area (Å²) in [6.07, 6.45) is 4.32. The van der Waals surface area contributed by atoms with Crippen LogP contribution in [0.25, 0.3) is 0 Å². The first-order valence-corrected chi connectivity index (χ1v) is 5.40. The average Bonchev–Trinajstić information content (AvgIpc) is 2.11. The van der Waals surface area contributed by atoms with Gasteiger partial charge in [0, 0.05) is 18.6 Å². The number of rotatable bonds is 6. The van der Waals surface area contributed by atoms with E-state index in [0.29, 0.717) is 12.1 Å². The van der Waals surface area contributed by atoms with Crippen LogP contribution in [0.3, 0.4) is 0 Å². The average molecular weight is 184 g/mol. The van der Waals surface area contributed by atoms with Gasteiger partial charge in [-0.15, -0.1) is 0 Å². The molecular formula is C11H24N2. The minimum absolute atomic E-state index is 0.551. The smallest absolute Gasteiger partial charge is 0.0854 e. The Labute approximate surface area is 83.0 Å². The van der Waals surface area contributed by atoms with Crippen molar-refractivity contribution in [3.05, 3.63) is 0 Å². The minimum atomic E-state index is 0.551. The largest absolute Gasteiger partial charge is 0.358 e. The molecule has 0 bridgehead atoms. The Morgan fingerprint density at radius 1 is 1.23 bits per heavy atom. The van der Waals surface area contributed by atoms with Crippen molar-refractivity contribution in [3.63, 3.8) is 0 Å². The molecule has 0 radical (unpaired) electrons. The molecule has 0 aliphatic heterocycles. The first-order chi connectivity index (χ1) is 6.13. The molecule has 0 aromatic rings. The SMILES string of the molecule is CCCN=CN(C(C)C)C(C)CC. The Bertz CT molecular complexity index is 141. The zero-order chi connectivity index (χ0) is 10.3. The molecular weight excluding hydrogens is 160 g/mol. The van der Waals surface area contributed by atoms with Crippen LogP contribution in [0, 0.1) is 0 Å². The first-order valence-electron chi connectivity index (χ1n) is 5.40. The second kappa shape index (κ2) is 6.93. The fourth-order valence-corrected chi connectivity index (χ4v) is 1.25. The molecule has 0 rings (SSSR count). The number of hydrogen-bond donors (Lipinski definition) is 0. The quantitative estimate of drug-likeness (QED) is 0.458. The van der Waals surface area contributed by atoms with Crippen molar-refractivity contribution < 1.29 is 0 Å². The molecule has 0 heterocycles. The highest BCUT2D eigenvalue weighted by Gasteiger charge is 2.10. The molecule has 78 valence electrons. The molecule has 0 fully saturated rings. The zero-order valence-corrected chi connectivity index (χ0v) is 9.75. The molecule has 1 unspecified atom stereocenters. The van der Waals surface area contributed by atoms with E-state index in [9.17, 15) is 0 Å². The molecule has 2 nitrogen and oxygen atoms in total. The maximum absolute atomic E-state index is 4.38. The van der Waals surface area contributed by atoms with E-state index in [0.717, 1.165) is 13.0 Å². The third-order valence-corrected chi connectivity index (χ3v) is 2.26. The van der Waals surface area contributed by atoms with Crippen molar-refractivity contribution in [2.24, 2.45) is 4.99 Å². The van der Waals surface area contributed by atoms with Crippen molar-refractivity contribution in [1.82, 2.24) is 4.90 Å². The lowest BCUT2D eigenvalue weighted by molar-refractivity contribution is 0.278. The van der Waals surface area contributed by atoms with Crippen molar-refractivity contribution in [3.8, 4) is 0 Å². The van der Waals surface area contributed by atoms with E-state index in [2.05, 4.69) is 44.5 Å². The molecule has 0 saturated heterocycles. The summed E-state index contributed by atoms with van der Waals surface area (Å²) in [5.41, 5.74) is 0. The summed E-state index contributed by atoms with van der Waals surface area (Å²) in [4.78, 5) is 6.71. The van der Waals surface area contributed by atoms with Gasteiger partial charge in [-0.05, 0) is 33.6 Å². The van der Waals surface area contributed by atoms with Gasteiger partial charge >= 0.3 is 0 Å². The fourth-order valence-electron chi connectivity index (χ4n) is 1.25. The van der Waals surface area contributed by atoms with Crippen LogP contribution in [0.1, 0.15) is 47.5 Å². The van der Waals surface area contributed by atoms with Gasteiger partial charge in [-0.1, -0.05) is 13.8 Å². The molecule has 1 atom stereocenters. The van der Waals surface area contributed by atoms with Crippen LogP contribution < -0.4 is 0 Å². The number of hydrogen-bond acceptors (Lipinski definition) is 1. The molecule has 0 aromatic carbocycles. The zero-order valence-electron chi connectivity index (χ0n) is 9.75. The second-order valence-corrected chi connectivity index (χ2v) is 3.82. The van der Waals surface area contributed by atoms with Crippen molar-refractivity contribution in [2.75, 3.05) is 6.54 Å². The first kappa shape index (κ1) is 12.5. The van der Waals surface area contributed by atoms with Gasteiger partial charge in [0.2, 0.25) is 0 Å². The van der Waals surface area contributed by atoms with Crippen LogP contribution in [0.15, 0.2) is 4.99 Å². The van der Waals surface area contributed by atoms with E-state index in [1.807, 2.05) is 6.34 Å². The molecule has 0 aliphatic carbocycles. The number of nitrogens with zero attached hydrogens (tertiary/aromatic N) is 2. The summed E-state index contributed by atoms with van der Waals surface area (Å²) in [5.74, 6) is 0. The second-order valence-electron chi connectivity index (χ2n) is 3.82. The Kier molecular flexibility index (Phi) is 6.65. The predicted molar refractivity (Wildman–Crippen MR) is 60.4 cm³/mol. The van der Waals surface area contributed by atoms with Gasteiger partial charge in [0.15, 0.2) is 0 Å². The molecule has 0 spiro atoms. The highest BCUT2D eigenvalue weighted by atomic mass is 15.2. The van der Waals surface area contributed by atoms with E-state index in [4.69, 9.17) is 0 Å². The van der Waals surface area contributed by atoms with Crippen LogP contribution in [0.5, 0.6) is 0 Å². The molecule has 0 aromatic heterocycles. The van der Waals surface area contributed by atoms with E-state index in [1.54, 1.807) is 0 Å². The topological polar surface area (TPSA) is 15.6 Å². The lowest BCUT2D eigenvalue weighted by Crippen LogP contribution is -2.37. The Morgan fingerprint density at radius 2 is 1.85 bits per heavy atom. The third-order valence-electron chi connectivity index (χ3n) is 2.26. The van der Waals surface area contributed by atoms with E-state index >= 15 is 0 Å². The monoisotopic (exact) mass is 184 g/mol. The van der Waals surface area contributed by atoms with E-state index < -0.39 is 0 Å². The highest BCUT2D eigenvalue weighted by molar-refractivity contribution is 5.55. The molecule has 0 saturated carbocycles. The molecule has 0 amide bonds. The Balaban J connectivity index is 4.09. The maximum Gasteiger partial charge on any atom is 0.0854 e. The summed E-state index contributed by atoms with van der Waals surface area (Å²) in [6.45, 7) is 12.0. The third kappa shape index (κ3) is 4.91. The lowest BCUT2D eigenvalue weighted by Gasteiger charge is -2.30. The van der Waals surface area contributed by atoms with Gasteiger partial charge in [0.1, 0.15) is 0 Å². The van der Waals surface area contributed by atoms with E-state index in [1.165, 1.54) is 6.42 Å². The summed E-state index contributed by atoms with van der Waals surface area (Å²) in [7, 11) is 0. The van der Waals surface area contributed by atoms with Gasteiger partial charge in [-0.25, -0.2) is 0 Å². The Morgan fingerprint density at radius 3 is 2.23 bits per heavy atom. The van der Waals surface area contributed by atoms with Crippen LogP contribution in [-0.2, 0) is 0 Å². The van der Waals surface area contributed by atoms with Crippen molar-refractivity contribution >= 4 is 6.34 Å². The van der Waals surface area contributed by atoms with Gasteiger partial charge < -0.3 is 4.90 Å². The van der Waals surface area contributed by atoms with Crippen LogP contribution >= 0.6 is 0 Å². The van der Waals surface area contributed by atoms with Gasteiger partial charge in [-0.2, -0.15) is 0 Å². The molecule has 0 N–H and O–H groups in total. The lowest BCUT2D eigenvalue weighted by atomic mass is 10.2. The molecule has 0 aliphatic rings.